The van der Waals surface area contributed by atoms with E-state index in [0.29, 0.717) is 63.2 Å². The Bertz CT molecular complexity index is 1410. The number of nitrogens with one attached hydrogen (secondary N) is 4. The van der Waals surface area contributed by atoms with Crippen LogP contribution in [0.1, 0.15) is 74.4 Å². The topological polar surface area (TPSA) is 155 Å². The van der Waals surface area contributed by atoms with Crippen molar-refractivity contribution in [3.63, 3.8) is 0 Å². The van der Waals surface area contributed by atoms with Crippen LogP contribution in [0.2, 0.25) is 0 Å². The maximum atomic E-state index is 13.8. The number of methoxy groups -OCH3 is 1. The molecule has 12 nitrogen and oxygen atoms in total. The zero-order chi connectivity index (χ0) is 34.6. The van der Waals surface area contributed by atoms with E-state index in [2.05, 4.69) is 21.3 Å². The Balaban J connectivity index is 1.59. The van der Waals surface area contributed by atoms with Crippen LogP contribution in [-0.2, 0) is 36.9 Å². The van der Waals surface area contributed by atoms with Crippen molar-refractivity contribution in [1.29, 1.82) is 0 Å². The molecule has 3 aliphatic heterocycles. The third-order valence-electron chi connectivity index (χ3n) is 9.03. The minimum atomic E-state index is -1.02. The van der Waals surface area contributed by atoms with Gasteiger partial charge in [0.25, 0.3) is 11.8 Å². The molecule has 5 amide bonds. The van der Waals surface area contributed by atoms with Gasteiger partial charge in [0.1, 0.15) is 30.0 Å². The highest BCUT2D eigenvalue weighted by atomic mass is 16.5. The highest BCUT2D eigenvalue weighted by Gasteiger charge is 2.32. The van der Waals surface area contributed by atoms with E-state index in [1.807, 2.05) is 26.0 Å². The summed E-state index contributed by atoms with van der Waals surface area (Å²) in [5, 5.41) is 11.3. The van der Waals surface area contributed by atoms with Gasteiger partial charge >= 0.3 is 0 Å². The van der Waals surface area contributed by atoms with E-state index in [-0.39, 0.29) is 24.2 Å². The molecule has 1 saturated heterocycles. The van der Waals surface area contributed by atoms with Crippen molar-refractivity contribution >= 4 is 29.5 Å². The molecule has 48 heavy (non-hydrogen) atoms. The second-order valence-electron chi connectivity index (χ2n) is 12.6. The highest BCUT2D eigenvalue weighted by Crippen LogP contribution is 2.19. The van der Waals surface area contributed by atoms with Crippen LogP contribution < -0.4 is 26.0 Å². The SMILES string of the molecule is CC[C@H](C)C1NC(=O)c2ccc(cc2)CN(C(=O)[C@H]2CCCO2)CCCCNC(=O)[C@@H](C)NC(=O)[C@H](Cc2ccc(OC)cc2)NC1=O. The molecule has 0 aromatic heterocycles. The van der Waals surface area contributed by atoms with E-state index >= 15 is 0 Å². The Morgan fingerprint density at radius 1 is 0.938 bits per heavy atom. The number of rotatable bonds is 6. The number of hydrogen-bond donors (Lipinski definition) is 4. The molecule has 0 saturated carbocycles. The van der Waals surface area contributed by atoms with Gasteiger partial charge in [-0.3, -0.25) is 24.0 Å². The average molecular weight is 664 g/mol. The Kier molecular flexibility index (Phi) is 13.4. The van der Waals surface area contributed by atoms with Gasteiger partial charge in [0.2, 0.25) is 17.7 Å². The van der Waals surface area contributed by atoms with Gasteiger partial charge in [0.15, 0.2) is 0 Å². The highest BCUT2D eigenvalue weighted by molar-refractivity contribution is 5.99. The molecule has 2 bridgehead atoms. The van der Waals surface area contributed by atoms with E-state index in [1.54, 1.807) is 55.3 Å². The Morgan fingerprint density at radius 3 is 2.31 bits per heavy atom. The van der Waals surface area contributed by atoms with Gasteiger partial charge in [0.05, 0.1) is 7.11 Å². The molecule has 0 aliphatic carbocycles. The van der Waals surface area contributed by atoms with Crippen LogP contribution in [0.3, 0.4) is 0 Å². The summed E-state index contributed by atoms with van der Waals surface area (Å²) >= 11 is 0. The lowest BCUT2D eigenvalue weighted by Gasteiger charge is -2.27. The zero-order valence-electron chi connectivity index (χ0n) is 28.4. The van der Waals surface area contributed by atoms with Crippen LogP contribution in [0, 0.1) is 5.92 Å². The maximum absolute atomic E-state index is 13.8. The summed E-state index contributed by atoms with van der Waals surface area (Å²) in [6.07, 6.45) is 3.07. The third kappa shape index (κ3) is 10.0. The second-order valence-corrected chi connectivity index (χ2v) is 12.6. The van der Waals surface area contributed by atoms with Gasteiger partial charge in [0, 0.05) is 38.2 Å². The lowest BCUT2D eigenvalue weighted by atomic mass is 9.96. The largest absolute Gasteiger partial charge is 0.497 e. The number of carbonyl (C=O) groups is 5. The van der Waals surface area contributed by atoms with Crippen molar-refractivity contribution in [2.24, 2.45) is 5.92 Å². The summed E-state index contributed by atoms with van der Waals surface area (Å²) in [5.41, 5.74) is 2.00. The van der Waals surface area contributed by atoms with Crippen LogP contribution in [0.5, 0.6) is 5.75 Å². The van der Waals surface area contributed by atoms with Crippen molar-refractivity contribution in [2.75, 3.05) is 26.8 Å². The summed E-state index contributed by atoms with van der Waals surface area (Å²) in [7, 11) is 1.56. The molecule has 2 aromatic carbocycles. The molecule has 1 unspecified atom stereocenters. The number of ether oxygens (including phenoxy) is 2. The van der Waals surface area contributed by atoms with Gasteiger partial charge in [-0.1, -0.05) is 44.5 Å². The first-order valence-electron chi connectivity index (χ1n) is 16.9. The lowest BCUT2D eigenvalue weighted by molar-refractivity contribution is -0.141. The van der Waals surface area contributed by atoms with Crippen molar-refractivity contribution in [1.82, 2.24) is 26.2 Å². The fourth-order valence-electron chi connectivity index (χ4n) is 5.79. The number of amides is 5. The van der Waals surface area contributed by atoms with E-state index in [0.717, 1.165) is 17.5 Å². The second kappa shape index (κ2) is 17.6. The number of carbonyl (C=O) groups excluding carboxylic acids is 5. The minimum Gasteiger partial charge on any atom is -0.497 e. The molecule has 12 heteroatoms. The molecule has 4 N–H and O–H groups in total. The van der Waals surface area contributed by atoms with E-state index < -0.39 is 42.0 Å². The fraction of sp³-hybridized carbons (Fsp3) is 0.528. The smallest absolute Gasteiger partial charge is 0.251 e. The van der Waals surface area contributed by atoms with Gasteiger partial charge in [-0.2, -0.15) is 0 Å². The molecule has 3 heterocycles. The van der Waals surface area contributed by atoms with Crippen LogP contribution in [0.25, 0.3) is 0 Å². The van der Waals surface area contributed by atoms with Gasteiger partial charge in [-0.15, -0.1) is 0 Å². The van der Waals surface area contributed by atoms with Crippen molar-refractivity contribution in [2.45, 2.75) is 90.1 Å². The first-order valence-corrected chi connectivity index (χ1v) is 16.9. The van der Waals surface area contributed by atoms with Gasteiger partial charge in [-0.05, 0) is 73.9 Å². The monoisotopic (exact) mass is 663 g/mol. The lowest BCUT2D eigenvalue weighted by Crippen LogP contribution is -2.58. The quantitative estimate of drug-likeness (QED) is 0.346. The summed E-state index contributed by atoms with van der Waals surface area (Å²) in [5.74, 6) is -1.49. The molecular formula is C36H49N5O7. The van der Waals surface area contributed by atoms with Crippen molar-refractivity contribution in [3.8, 4) is 5.75 Å². The van der Waals surface area contributed by atoms with E-state index in [1.165, 1.54) is 0 Å². The molecule has 5 rings (SSSR count). The van der Waals surface area contributed by atoms with E-state index in [9.17, 15) is 24.0 Å². The standard InChI is InChI=1S/C36H49N5O7/c1-5-23(2)31-35(45)39-29(21-25-12-16-28(47-4)17-13-25)34(44)38-24(3)32(42)37-18-6-7-19-41(36(46)30-9-8-20-48-30)22-26-10-14-27(15-11-26)33(43)40-31/h10-17,23-24,29-31H,5-9,18-22H2,1-4H3,(H,37,42)(H,38,44)(H,39,45)(H,40,43)/t23-,24+,29-,30+,31?/m0/s1. The Morgan fingerprint density at radius 2 is 1.67 bits per heavy atom. The van der Waals surface area contributed by atoms with Crippen LogP contribution in [0.15, 0.2) is 48.5 Å². The molecule has 1 fully saturated rings. The predicted octanol–water partition coefficient (Wildman–Crippen LogP) is 2.49. The predicted molar refractivity (Wildman–Crippen MR) is 180 cm³/mol. The third-order valence-corrected chi connectivity index (χ3v) is 9.03. The maximum Gasteiger partial charge on any atom is 0.251 e. The number of hydrogen-bond acceptors (Lipinski definition) is 7. The molecule has 0 spiro atoms. The Hall–Kier alpha value is -4.45. The van der Waals surface area contributed by atoms with Crippen LogP contribution >= 0.6 is 0 Å². The van der Waals surface area contributed by atoms with Crippen LogP contribution in [0.4, 0.5) is 0 Å². The molecule has 0 radical (unpaired) electrons. The number of fused-ring (bicyclic) bond motifs is 18. The van der Waals surface area contributed by atoms with Gasteiger partial charge in [-0.25, -0.2) is 0 Å². The number of benzene rings is 2. The van der Waals surface area contributed by atoms with Crippen LogP contribution in [-0.4, -0.2) is 85.5 Å². The molecule has 5 atom stereocenters. The van der Waals surface area contributed by atoms with Crippen molar-refractivity contribution < 1.29 is 33.4 Å². The van der Waals surface area contributed by atoms with Crippen molar-refractivity contribution in [3.05, 3.63) is 65.2 Å². The first kappa shape index (κ1) is 36.4. The average Bonchev–Trinajstić information content (AvgIpc) is 3.64. The van der Waals surface area contributed by atoms with E-state index in [4.69, 9.17) is 9.47 Å². The first-order chi connectivity index (χ1) is 23.1. The Labute approximate surface area is 282 Å². The molecule has 260 valence electrons. The summed E-state index contributed by atoms with van der Waals surface area (Å²) < 4.78 is 10.9. The minimum absolute atomic E-state index is 0.0697. The molecular weight excluding hydrogens is 614 g/mol. The number of nitrogens with zero attached hydrogens (tertiary/aromatic N) is 1. The summed E-state index contributed by atoms with van der Waals surface area (Å²) in [6, 6.07) is 11.3. The zero-order valence-corrected chi connectivity index (χ0v) is 28.4. The fourth-order valence-corrected chi connectivity index (χ4v) is 5.79. The normalized spacial score (nSPS) is 24.0. The summed E-state index contributed by atoms with van der Waals surface area (Å²) in [4.78, 5) is 68.8. The summed E-state index contributed by atoms with van der Waals surface area (Å²) in [6.45, 7) is 7.12. The molecule has 2 aromatic rings. The van der Waals surface area contributed by atoms with Gasteiger partial charge < -0.3 is 35.6 Å². The molecule has 3 aliphatic rings.